The fourth-order valence-electron chi connectivity index (χ4n) is 3.66. The van der Waals surface area contributed by atoms with E-state index in [1.54, 1.807) is 55.6 Å². The Hall–Kier alpha value is -3.27. The van der Waals surface area contributed by atoms with Gasteiger partial charge in [0.15, 0.2) is 0 Å². The summed E-state index contributed by atoms with van der Waals surface area (Å²) in [4.78, 5) is 28.1. The van der Waals surface area contributed by atoms with Gasteiger partial charge in [-0.15, -0.1) is 0 Å². The van der Waals surface area contributed by atoms with E-state index >= 15 is 0 Å². The van der Waals surface area contributed by atoms with Gasteiger partial charge in [-0.05, 0) is 50.1 Å². The van der Waals surface area contributed by atoms with Gasteiger partial charge < -0.3 is 19.7 Å². The molecule has 9 nitrogen and oxygen atoms in total. The number of anilines is 1. The largest absolute Gasteiger partial charge is 0.497 e. The molecule has 0 saturated heterocycles. The van der Waals surface area contributed by atoms with Crippen LogP contribution in [0.5, 0.6) is 11.5 Å². The number of benzene rings is 2. The molecule has 0 fully saturated rings. The third kappa shape index (κ3) is 7.61. The van der Waals surface area contributed by atoms with Crippen LogP contribution in [0.15, 0.2) is 48.5 Å². The second kappa shape index (κ2) is 12.4. The van der Waals surface area contributed by atoms with E-state index < -0.39 is 28.5 Å². The lowest BCUT2D eigenvalue weighted by Crippen LogP contribution is -2.53. The second-order valence-corrected chi connectivity index (χ2v) is 10.3. The van der Waals surface area contributed by atoms with Crippen LogP contribution < -0.4 is 19.1 Å². The first-order valence-electron chi connectivity index (χ1n) is 11.3. The van der Waals surface area contributed by atoms with Gasteiger partial charge in [0.05, 0.1) is 26.2 Å². The van der Waals surface area contributed by atoms with Crippen LogP contribution in [-0.4, -0.2) is 64.2 Å². The highest BCUT2D eigenvalue weighted by molar-refractivity contribution is 7.92. The zero-order valence-corrected chi connectivity index (χ0v) is 22.0. The van der Waals surface area contributed by atoms with Gasteiger partial charge in [-0.25, -0.2) is 8.42 Å². The maximum absolute atomic E-state index is 13.7. The first-order chi connectivity index (χ1) is 16.5. The minimum atomic E-state index is -3.84. The molecule has 2 aromatic rings. The summed E-state index contributed by atoms with van der Waals surface area (Å²) in [6, 6.07) is 12.8. The summed E-state index contributed by atoms with van der Waals surface area (Å²) >= 11 is 0. The lowest BCUT2D eigenvalue weighted by molar-refractivity contribution is -0.140. The van der Waals surface area contributed by atoms with Crippen molar-refractivity contribution in [2.75, 3.05) is 31.3 Å². The van der Waals surface area contributed by atoms with Crippen LogP contribution in [0.3, 0.4) is 0 Å². The van der Waals surface area contributed by atoms with Crippen LogP contribution in [0.4, 0.5) is 5.69 Å². The number of amides is 2. The van der Waals surface area contributed by atoms with Gasteiger partial charge in [-0.3, -0.25) is 13.9 Å². The number of ether oxygens (including phenoxy) is 2. The van der Waals surface area contributed by atoms with Gasteiger partial charge >= 0.3 is 0 Å². The van der Waals surface area contributed by atoms with Crippen LogP contribution in [-0.2, 0) is 26.2 Å². The van der Waals surface area contributed by atoms with E-state index in [9.17, 15) is 18.0 Å². The van der Waals surface area contributed by atoms with Crippen molar-refractivity contribution in [2.24, 2.45) is 0 Å². The highest BCUT2D eigenvalue weighted by Crippen LogP contribution is 2.29. The molecular weight excluding hydrogens is 470 g/mol. The highest BCUT2D eigenvalue weighted by Gasteiger charge is 2.32. The van der Waals surface area contributed by atoms with Crippen molar-refractivity contribution >= 4 is 27.5 Å². The topological polar surface area (TPSA) is 105 Å². The Morgan fingerprint density at radius 3 is 2.14 bits per heavy atom. The molecule has 1 N–H and O–H groups in total. The lowest BCUT2D eigenvalue weighted by atomic mass is 10.1. The maximum atomic E-state index is 13.7. The predicted octanol–water partition coefficient (Wildman–Crippen LogP) is 2.80. The minimum Gasteiger partial charge on any atom is -0.497 e. The Labute approximate surface area is 208 Å². The molecule has 1 atom stereocenters. The van der Waals surface area contributed by atoms with Crippen LogP contribution in [0, 0.1) is 0 Å². The summed E-state index contributed by atoms with van der Waals surface area (Å²) in [5.74, 6) is 0.170. The normalized spacial score (nSPS) is 12.1. The van der Waals surface area contributed by atoms with Crippen molar-refractivity contribution in [1.82, 2.24) is 10.2 Å². The van der Waals surface area contributed by atoms with Crippen LogP contribution in [0.2, 0.25) is 0 Å². The number of nitrogens with one attached hydrogen (secondary N) is 1. The average molecular weight is 506 g/mol. The summed E-state index contributed by atoms with van der Waals surface area (Å²) in [5.41, 5.74) is 1.02. The van der Waals surface area contributed by atoms with Crippen molar-refractivity contribution in [2.45, 2.75) is 45.8 Å². The average Bonchev–Trinajstić information content (AvgIpc) is 2.81. The van der Waals surface area contributed by atoms with Crippen molar-refractivity contribution in [3.05, 3.63) is 54.1 Å². The van der Waals surface area contributed by atoms with Gasteiger partial charge in [-0.1, -0.05) is 31.2 Å². The zero-order chi connectivity index (χ0) is 26.2. The number of para-hydroxylation sites is 2. The molecule has 0 aliphatic carbocycles. The molecule has 0 heterocycles. The highest BCUT2D eigenvalue weighted by atomic mass is 32.2. The monoisotopic (exact) mass is 505 g/mol. The molecule has 1 unspecified atom stereocenters. The Kier molecular flexibility index (Phi) is 9.94. The SMILES string of the molecule is CCC(C(=O)NC(C)C)N(Cc1ccc(OC)cc1)C(=O)CN(c1ccccc1OC)S(C)(=O)=O. The summed E-state index contributed by atoms with van der Waals surface area (Å²) < 4.78 is 37.0. The Morgan fingerprint density at radius 1 is 1.00 bits per heavy atom. The molecule has 35 heavy (non-hydrogen) atoms. The first-order valence-corrected chi connectivity index (χ1v) is 13.2. The standard InChI is InChI=1S/C25H35N3O6S/c1-7-21(25(30)26-18(2)3)27(16-19-12-14-20(33-4)15-13-19)24(29)17-28(35(6,31)32)22-10-8-9-11-23(22)34-5/h8-15,18,21H,7,16-17H2,1-6H3,(H,26,30). The lowest BCUT2D eigenvalue weighted by Gasteiger charge is -2.33. The smallest absolute Gasteiger partial charge is 0.244 e. The minimum absolute atomic E-state index is 0.115. The van der Waals surface area contributed by atoms with E-state index in [0.29, 0.717) is 17.9 Å². The van der Waals surface area contributed by atoms with E-state index in [2.05, 4.69) is 5.32 Å². The fourth-order valence-corrected chi connectivity index (χ4v) is 4.51. The third-order valence-electron chi connectivity index (χ3n) is 5.36. The molecule has 2 aromatic carbocycles. The first kappa shape index (κ1) is 28.0. The van der Waals surface area contributed by atoms with Crippen LogP contribution in [0.1, 0.15) is 32.8 Å². The molecule has 2 amide bonds. The predicted molar refractivity (Wildman–Crippen MR) is 136 cm³/mol. The van der Waals surface area contributed by atoms with Gasteiger partial charge in [-0.2, -0.15) is 0 Å². The molecule has 0 aromatic heterocycles. The Bertz CT molecular complexity index is 1100. The van der Waals surface area contributed by atoms with E-state index in [4.69, 9.17) is 9.47 Å². The van der Waals surface area contributed by atoms with Gasteiger partial charge in [0, 0.05) is 12.6 Å². The van der Waals surface area contributed by atoms with Crippen LogP contribution >= 0.6 is 0 Å². The summed E-state index contributed by atoms with van der Waals surface area (Å²) in [6.07, 6.45) is 1.39. The summed E-state index contributed by atoms with van der Waals surface area (Å²) in [5, 5.41) is 2.86. The Morgan fingerprint density at radius 2 is 1.63 bits per heavy atom. The second-order valence-electron chi connectivity index (χ2n) is 8.40. The fraction of sp³-hybridized carbons (Fsp3) is 0.440. The maximum Gasteiger partial charge on any atom is 0.244 e. The molecule has 0 saturated carbocycles. The molecule has 0 spiro atoms. The van der Waals surface area contributed by atoms with Gasteiger partial charge in [0.1, 0.15) is 24.1 Å². The van der Waals surface area contributed by atoms with Crippen LogP contribution in [0.25, 0.3) is 0 Å². The van der Waals surface area contributed by atoms with Crippen molar-refractivity contribution in [3.63, 3.8) is 0 Å². The quantitative estimate of drug-likeness (QED) is 0.476. The summed E-state index contributed by atoms with van der Waals surface area (Å²) in [6.45, 7) is 5.13. The molecule has 0 radical (unpaired) electrons. The molecule has 0 aliphatic heterocycles. The Balaban J connectivity index is 2.47. The molecule has 0 bridgehead atoms. The number of rotatable bonds is 12. The molecule has 2 rings (SSSR count). The zero-order valence-electron chi connectivity index (χ0n) is 21.1. The number of nitrogens with zero attached hydrogens (tertiary/aromatic N) is 2. The number of hydrogen-bond acceptors (Lipinski definition) is 6. The number of carbonyl (C=O) groups excluding carboxylic acids is 2. The summed E-state index contributed by atoms with van der Waals surface area (Å²) in [7, 11) is -0.852. The third-order valence-corrected chi connectivity index (χ3v) is 6.49. The van der Waals surface area contributed by atoms with E-state index in [1.807, 2.05) is 20.8 Å². The van der Waals surface area contributed by atoms with Crippen molar-refractivity contribution in [1.29, 1.82) is 0 Å². The number of hydrogen-bond donors (Lipinski definition) is 1. The molecule has 192 valence electrons. The molecule has 0 aliphatic rings. The van der Waals surface area contributed by atoms with E-state index in [1.165, 1.54) is 12.0 Å². The van der Waals surface area contributed by atoms with Crippen molar-refractivity contribution in [3.8, 4) is 11.5 Å². The van der Waals surface area contributed by atoms with Gasteiger partial charge in [0.25, 0.3) is 0 Å². The van der Waals surface area contributed by atoms with Crippen molar-refractivity contribution < 1.29 is 27.5 Å². The molecule has 10 heteroatoms. The van der Waals surface area contributed by atoms with E-state index in [0.717, 1.165) is 16.1 Å². The number of methoxy groups -OCH3 is 2. The van der Waals surface area contributed by atoms with Gasteiger partial charge in [0.2, 0.25) is 21.8 Å². The number of sulfonamides is 1. The van der Waals surface area contributed by atoms with E-state index in [-0.39, 0.29) is 24.2 Å². The molecular formula is C25H35N3O6S. The number of carbonyl (C=O) groups is 2.